The number of amides is 1. The minimum atomic E-state index is -0.764. The highest BCUT2D eigenvalue weighted by atomic mass is 32.1. The molecule has 2 heterocycles. The van der Waals surface area contributed by atoms with E-state index in [1.54, 1.807) is 26.0 Å². The SMILES string of the molecule is Cc1c(C)c2ccc(OC(C)C(=O)Nc3nnc(CCN(C)C)s3)cc2oc1=O. The summed E-state index contributed by atoms with van der Waals surface area (Å²) in [5.74, 6) is 0.109. The molecule has 0 fully saturated rings. The Morgan fingerprint density at radius 2 is 2.03 bits per heavy atom. The van der Waals surface area contributed by atoms with Crippen molar-refractivity contribution in [2.45, 2.75) is 33.3 Å². The molecule has 0 aliphatic heterocycles. The van der Waals surface area contributed by atoms with Gasteiger partial charge < -0.3 is 14.1 Å². The molecule has 3 rings (SSSR count). The van der Waals surface area contributed by atoms with E-state index >= 15 is 0 Å². The van der Waals surface area contributed by atoms with E-state index in [9.17, 15) is 9.59 Å². The second-order valence-corrected chi connectivity index (χ2v) is 8.16. The van der Waals surface area contributed by atoms with Crippen molar-refractivity contribution < 1.29 is 13.9 Å². The van der Waals surface area contributed by atoms with Gasteiger partial charge in [-0.1, -0.05) is 11.3 Å². The third-order valence-corrected chi connectivity index (χ3v) is 5.48. The van der Waals surface area contributed by atoms with Crippen LogP contribution in [0, 0.1) is 13.8 Å². The van der Waals surface area contributed by atoms with Crippen LogP contribution in [0.3, 0.4) is 0 Å². The number of benzene rings is 1. The highest BCUT2D eigenvalue weighted by molar-refractivity contribution is 7.15. The van der Waals surface area contributed by atoms with E-state index in [0.717, 1.165) is 28.9 Å². The average molecular weight is 417 g/mol. The summed E-state index contributed by atoms with van der Waals surface area (Å²) in [5.41, 5.74) is 1.51. The summed E-state index contributed by atoms with van der Waals surface area (Å²) in [5, 5.41) is 13.0. The van der Waals surface area contributed by atoms with Gasteiger partial charge in [-0.15, -0.1) is 10.2 Å². The van der Waals surface area contributed by atoms with Crippen molar-refractivity contribution in [1.82, 2.24) is 15.1 Å². The summed E-state index contributed by atoms with van der Waals surface area (Å²) in [6.07, 6.45) is 0.00757. The molecule has 0 saturated carbocycles. The van der Waals surface area contributed by atoms with Gasteiger partial charge in [0.25, 0.3) is 5.91 Å². The minimum Gasteiger partial charge on any atom is -0.481 e. The fourth-order valence-electron chi connectivity index (χ4n) is 2.69. The van der Waals surface area contributed by atoms with E-state index < -0.39 is 6.10 Å². The molecule has 0 saturated heterocycles. The maximum Gasteiger partial charge on any atom is 0.339 e. The first-order valence-corrected chi connectivity index (χ1v) is 10.0. The number of carbonyl (C=O) groups excluding carboxylic acids is 1. The smallest absolute Gasteiger partial charge is 0.339 e. The lowest BCUT2D eigenvalue weighted by Gasteiger charge is -2.14. The van der Waals surface area contributed by atoms with Gasteiger partial charge in [-0.3, -0.25) is 10.1 Å². The minimum absolute atomic E-state index is 0.332. The second-order valence-electron chi connectivity index (χ2n) is 7.10. The van der Waals surface area contributed by atoms with Crippen LogP contribution in [0.4, 0.5) is 5.13 Å². The molecular formula is C20H24N4O4S. The average Bonchev–Trinajstić information content (AvgIpc) is 3.11. The Hall–Kier alpha value is -2.78. The van der Waals surface area contributed by atoms with Gasteiger partial charge in [-0.05, 0) is 52.6 Å². The predicted molar refractivity (Wildman–Crippen MR) is 113 cm³/mol. The Balaban J connectivity index is 1.66. The van der Waals surface area contributed by atoms with Crippen LogP contribution >= 0.6 is 11.3 Å². The Morgan fingerprint density at radius 1 is 1.28 bits per heavy atom. The van der Waals surface area contributed by atoms with Crippen molar-refractivity contribution in [3.8, 4) is 5.75 Å². The van der Waals surface area contributed by atoms with Crippen molar-refractivity contribution in [3.05, 3.63) is 44.8 Å². The molecule has 0 aliphatic carbocycles. The van der Waals surface area contributed by atoms with Crippen molar-refractivity contribution in [1.29, 1.82) is 0 Å². The molecule has 0 spiro atoms. The lowest BCUT2D eigenvalue weighted by molar-refractivity contribution is -0.122. The van der Waals surface area contributed by atoms with E-state index in [1.165, 1.54) is 11.3 Å². The number of nitrogens with one attached hydrogen (secondary N) is 1. The molecule has 29 heavy (non-hydrogen) atoms. The van der Waals surface area contributed by atoms with Gasteiger partial charge in [0.2, 0.25) is 5.13 Å². The third kappa shape index (κ3) is 4.99. The number of ether oxygens (including phenoxy) is 1. The van der Waals surface area contributed by atoms with Crippen molar-refractivity contribution in [2.24, 2.45) is 0 Å². The van der Waals surface area contributed by atoms with Gasteiger partial charge in [-0.25, -0.2) is 4.79 Å². The highest BCUT2D eigenvalue weighted by Crippen LogP contribution is 2.25. The van der Waals surface area contributed by atoms with Crippen LogP contribution in [0.1, 0.15) is 23.1 Å². The van der Waals surface area contributed by atoms with Crippen LogP contribution in [-0.4, -0.2) is 47.7 Å². The molecule has 9 heteroatoms. The molecule has 1 amide bonds. The van der Waals surface area contributed by atoms with Crippen molar-refractivity contribution in [2.75, 3.05) is 26.0 Å². The van der Waals surface area contributed by atoms with Crippen LogP contribution in [0.15, 0.2) is 27.4 Å². The van der Waals surface area contributed by atoms with E-state index in [1.807, 2.05) is 27.1 Å². The molecule has 0 aliphatic rings. The third-order valence-electron chi connectivity index (χ3n) is 4.58. The first-order valence-electron chi connectivity index (χ1n) is 9.23. The molecule has 1 aromatic carbocycles. The number of anilines is 1. The molecule has 154 valence electrons. The number of likely N-dealkylation sites (N-methyl/N-ethyl adjacent to an activating group) is 1. The fraction of sp³-hybridized carbons (Fsp3) is 0.400. The van der Waals surface area contributed by atoms with Gasteiger partial charge in [0.15, 0.2) is 6.10 Å². The highest BCUT2D eigenvalue weighted by Gasteiger charge is 2.18. The van der Waals surface area contributed by atoms with Gasteiger partial charge in [0.05, 0.1) is 0 Å². The molecule has 0 radical (unpaired) electrons. The van der Waals surface area contributed by atoms with Crippen LogP contribution in [0.2, 0.25) is 0 Å². The zero-order valence-corrected chi connectivity index (χ0v) is 17.9. The number of rotatable bonds is 7. The van der Waals surface area contributed by atoms with Gasteiger partial charge in [0.1, 0.15) is 16.3 Å². The van der Waals surface area contributed by atoms with Gasteiger partial charge >= 0.3 is 5.63 Å². The summed E-state index contributed by atoms with van der Waals surface area (Å²) in [7, 11) is 3.98. The molecule has 2 aromatic heterocycles. The number of nitrogens with zero attached hydrogens (tertiary/aromatic N) is 3. The standard InChI is InChI=1S/C20H24N4O4S/c1-11-12(2)19(26)28-16-10-14(6-7-15(11)16)27-13(3)18(25)21-20-23-22-17(29-20)8-9-24(4)5/h6-7,10,13H,8-9H2,1-5H3,(H,21,23,25). The summed E-state index contributed by atoms with van der Waals surface area (Å²) in [6, 6.07) is 5.20. The molecule has 1 N–H and O–H groups in total. The van der Waals surface area contributed by atoms with Crippen LogP contribution in [0.5, 0.6) is 5.75 Å². The maximum atomic E-state index is 12.4. The van der Waals surface area contributed by atoms with E-state index in [2.05, 4.69) is 20.4 Å². The topological polar surface area (TPSA) is 97.6 Å². The number of aromatic nitrogens is 2. The second kappa shape index (κ2) is 8.71. The molecule has 8 nitrogen and oxygen atoms in total. The fourth-order valence-corrected chi connectivity index (χ4v) is 3.42. The summed E-state index contributed by atoms with van der Waals surface area (Å²) < 4.78 is 11.1. The number of hydrogen-bond donors (Lipinski definition) is 1. The summed E-state index contributed by atoms with van der Waals surface area (Å²) >= 11 is 1.35. The monoisotopic (exact) mass is 416 g/mol. The lowest BCUT2D eigenvalue weighted by Crippen LogP contribution is -2.30. The molecule has 1 unspecified atom stereocenters. The Kier molecular flexibility index (Phi) is 6.29. The Bertz CT molecular complexity index is 1090. The first-order chi connectivity index (χ1) is 13.7. The molecule has 3 aromatic rings. The van der Waals surface area contributed by atoms with Crippen molar-refractivity contribution in [3.63, 3.8) is 0 Å². The zero-order valence-electron chi connectivity index (χ0n) is 17.1. The van der Waals surface area contributed by atoms with E-state index in [-0.39, 0.29) is 11.5 Å². The number of fused-ring (bicyclic) bond motifs is 1. The normalized spacial score (nSPS) is 12.3. The number of hydrogen-bond acceptors (Lipinski definition) is 8. The molecule has 0 bridgehead atoms. The zero-order chi connectivity index (χ0) is 21.1. The summed E-state index contributed by atoms with van der Waals surface area (Å²) in [4.78, 5) is 26.4. The maximum absolute atomic E-state index is 12.4. The number of aryl methyl sites for hydroxylation is 1. The first kappa shape index (κ1) is 20.9. The summed E-state index contributed by atoms with van der Waals surface area (Å²) in [6.45, 7) is 6.11. The van der Waals surface area contributed by atoms with Gasteiger partial charge in [-0.2, -0.15) is 0 Å². The van der Waals surface area contributed by atoms with E-state index in [4.69, 9.17) is 9.15 Å². The van der Waals surface area contributed by atoms with Gasteiger partial charge in [0, 0.05) is 30.0 Å². The lowest BCUT2D eigenvalue weighted by atomic mass is 10.1. The van der Waals surface area contributed by atoms with Crippen LogP contribution in [0.25, 0.3) is 11.0 Å². The van der Waals surface area contributed by atoms with Crippen molar-refractivity contribution >= 4 is 33.3 Å². The quantitative estimate of drug-likeness (QED) is 0.592. The molecular weight excluding hydrogens is 392 g/mol. The predicted octanol–water partition coefficient (Wildman–Crippen LogP) is 2.77. The van der Waals surface area contributed by atoms with Crippen LogP contribution in [-0.2, 0) is 11.2 Å². The van der Waals surface area contributed by atoms with Crippen LogP contribution < -0.4 is 15.7 Å². The largest absolute Gasteiger partial charge is 0.481 e. The Morgan fingerprint density at radius 3 is 2.76 bits per heavy atom. The van der Waals surface area contributed by atoms with E-state index in [0.29, 0.717) is 22.0 Å². The molecule has 1 atom stereocenters. The number of carbonyl (C=O) groups is 1. The Labute approximate surface area is 172 Å².